The van der Waals surface area contributed by atoms with Gasteiger partial charge in [0, 0.05) is 49.4 Å². The first-order valence-corrected chi connectivity index (χ1v) is 12.2. The molecule has 6 rings (SSSR count). The van der Waals surface area contributed by atoms with Crippen LogP contribution in [0.4, 0.5) is 22.0 Å². The Kier molecular flexibility index (Phi) is 5.39. The molecule has 0 bridgehead atoms. The van der Waals surface area contributed by atoms with Crippen LogP contribution in [0.3, 0.4) is 0 Å². The molecule has 37 heavy (non-hydrogen) atoms. The molecule has 11 nitrogen and oxygen atoms in total. The monoisotopic (exact) mass is 502 g/mol. The fraction of sp³-hybridized carbons (Fsp3) is 0.360. The minimum atomic E-state index is -0.422. The number of H-pyrrole nitrogens is 1. The van der Waals surface area contributed by atoms with Gasteiger partial charge in [-0.15, -0.1) is 0 Å². The zero-order valence-corrected chi connectivity index (χ0v) is 20.8. The molecule has 12 heteroatoms. The third-order valence-corrected chi connectivity index (χ3v) is 7.13. The third kappa shape index (κ3) is 4.17. The summed E-state index contributed by atoms with van der Waals surface area (Å²) < 4.78 is 14.7. The smallest absolute Gasteiger partial charge is 0.232 e. The van der Waals surface area contributed by atoms with E-state index in [0.717, 1.165) is 29.6 Å². The first-order valence-electron chi connectivity index (χ1n) is 12.2. The van der Waals surface area contributed by atoms with E-state index in [0.29, 0.717) is 43.0 Å². The minimum absolute atomic E-state index is 0.125. The summed E-state index contributed by atoms with van der Waals surface area (Å²) in [5.74, 6) is 2.21. The average Bonchev–Trinajstić information content (AvgIpc) is 3.56. The molecule has 2 N–H and O–H groups in total. The number of carbonyl (C=O) groups is 1. The number of hydrogen-bond donors (Lipinski definition) is 2. The zero-order valence-electron chi connectivity index (χ0n) is 20.8. The Hall–Kier alpha value is -4.35. The molecule has 4 aromatic heterocycles. The number of carbonyl (C=O) groups excluding carboxylic acids is 1. The minimum Gasteiger partial charge on any atom is -0.338 e. The Morgan fingerprint density at radius 2 is 1.97 bits per heavy atom. The molecule has 0 aliphatic carbocycles. The van der Waals surface area contributed by atoms with E-state index in [2.05, 4.69) is 40.5 Å². The van der Waals surface area contributed by atoms with Gasteiger partial charge in [-0.2, -0.15) is 15.2 Å². The molecule has 190 valence electrons. The predicted octanol–water partition coefficient (Wildman–Crippen LogP) is 3.08. The molecule has 6 heterocycles. The van der Waals surface area contributed by atoms with Crippen molar-refractivity contribution in [3.05, 3.63) is 65.6 Å². The van der Waals surface area contributed by atoms with Crippen LogP contribution in [0.5, 0.6) is 0 Å². The van der Waals surface area contributed by atoms with E-state index in [1.807, 2.05) is 43.9 Å². The number of halogens is 1. The molecular formula is C25H27FN10O. The molecule has 0 aromatic carbocycles. The normalized spacial score (nSPS) is 17.4. The van der Waals surface area contributed by atoms with Crippen molar-refractivity contribution in [2.24, 2.45) is 5.41 Å². The number of nitrogens with zero attached hydrogens (tertiary/aromatic N) is 8. The third-order valence-electron chi connectivity index (χ3n) is 7.13. The van der Waals surface area contributed by atoms with Crippen molar-refractivity contribution >= 4 is 23.5 Å². The Morgan fingerprint density at radius 1 is 1.14 bits per heavy atom. The molecule has 2 aliphatic rings. The van der Waals surface area contributed by atoms with Crippen molar-refractivity contribution in [1.82, 2.24) is 39.8 Å². The van der Waals surface area contributed by atoms with E-state index in [1.165, 1.54) is 10.9 Å². The Morgan fingerprint density at radius 3 is 2.65 bits per heavy atom. The quantitative estimate of drug-likeness (QED) is 0.413. The lowest BCUT2D eigenvalue weighted by Gasteiger charge is -2.46. The maximum absolute atomic E-state index is 13.5. The molecule has 1 spiro atoms. The van der Waals surface area contributed by atoms with Crippen molar-refractivity contribution in [2.75, 3.05) is 29.9 Å². The number of amides is 1. The summed E-state index contributed by atoms with van der Waals surface area (Å²) in [6, 6.07) is 7.34. The lowest BCUT2D eigenvalue weighted by atomic mass is 9.78. The number of anilines is 3. The van der Waals surface area contributed by atoms with Gasteiger partial charge in [0.05, 0.1) is 23.9 Å². The van der Waals surface area contributed by atoms with E-state index in [1.54, 1.807) is 12.3 Å². The Labute approximate surface area is 212 Å². The van der Waals surface area contributed by atoms with E-state index in [-0.39, 0.29) is 11.9 Å². The highest BCUT2D eigenvalue weighted by molar-refractivity contribution is 5.88. The van der Waals surface area contributed by atoms with Crippen molar-refractivity contribution in [2.45, 2.75) is 33.2 Å². The second-order valence-corrected chi connectivity index (χ2v) is 9.87. The number of likely N-dealkylation sites (tertiary alicyclic amines) is 1. The number of pyridine rings is 1. The average molecular weight is 503 g/mol. The van der Waals surface area contributed by atoms with Gasteiger partial charge in [0.2, 0.25) is 11.9 Å². The summed E-state index contributed by atoms with van der Waals surface area (Å²) in [6.07, 6.45) is 4.92. The highest BCUT2D eigenvalue weighted by atomic mass is 19.1. The SMILES string of the molecule is Cc1cc(Nc2cc(C)[nH]n2)nc(N2CC3(CCN(C(C)c4ccc(-n5cc(F)cn5)nc4)C3=O)C2)n1. The van der Waals surface area contributed by atoms with Gasteiger partial charge in [0.1, 0.15) is 5.82 Å². The summed E-state index contributed by atoms with van der Waals surface area (Å²) in [7, 11) is 0. The van der Waals surface area contributed by atoms with E-state index in [9.17, 15) is 9.18 Å². The fourth-order valence-corrected chi connectivity index (χ4v) is 5.09. The van der Waals surface area contributed by atoms with Crippen molar-refractivity contribution < 1.29 is 9.18 Å². The van der Waals surface area contributed by atoms with Crippen LogP contribution in [0, 0.1) is 25.1 Å². The van der Waals surface area contributed by atoms with Crippen molar-refractivity contribution in [3.8, 4) is 5.82 Å². The molecule has 1 atom stereocenters. The molecule has 4 aromatic rings. The van der Waals surface area contributed by atoms with E-state index >= 15 is 0 Å². The van der Waals surface area contributed by atoms with Gasteiger partial charge in [0.25, 0.3) is 0 Å². The largest absolute Gasteiger partial charge is 0.338 e. The summed E-state index contributed by atoms with van der Waals surface area (Å²) >= 11 is 0. The number of hydrogen-bond acceptors (Lipinski definition) is 8. The highest BCUT2D eigenvalue weighted by Crippen LogP contribution is 2.44. The maximum atomic E-state index is 13.5. The number of aromatic nitrogens is 7. The molecule has 2 fully saturated rings. The van der Waals surface area contributed by atoms with Crippen LogP contribution in [0.1, 0.15) is 36.3 Å². The van der Waals surface area contributed by atoms with Gasteiger partial charge in [0.15, 0.2) is 17.5 Å². The Bertz CT molecular complexity index is 1460. The number of aryl methyl sites for hydroxylation is 2. The summed E-state index contributed by atoms with van der Waals surface area (Å²) in [5.41, 5.74) is 2.29. The lowest BCUT2D eigenvalue weighted by molar-refractivity contribution is -0.139. The summed E-state index contributed by atoms with van der Waals surface area (Å²) in [5, 5.41) is 14.3. The van der Waals surface area contributed by atoms with Crippen LogP contribution in [0.25, 0.3) is 5.82 Å². The van der Waals surface area contributed by atoms with Crippen molar-refractivity contribution in [3.63, 3.8) is 0 Å². The maximum Gasteiger partial charge on any atom is 0.232 e. The van der Waals surface area contributed by atoms with Gasteiger partial charge >= 0.3 is 0 Å². The van der Waals surface area contributed by atoms with Crippen LogP contribution in [0.15, 0.2) is 42.9 Å². The molecule has 1 unspecified atom stereocenters. The summed E-state index contributed by atoms with van der Waals surface area (Å²) in [6.45, 7) is 7.72. The molecule has 0 saturated carbocycles. The second kappa shape index (κ2) is 8.64. The number of rotatable bonds is 6. The fourth-order valence-electron chi connectivity index (χ4n) is 5.09. The standard InChI is InChI=1S/C25H27FN10O/c1-15-8-20(30-21-9-16(2)32-33-21)31-24(29-15)34-13-25(14-34)6-7-35(23(25)37)17(3)18-4-5-22(27-10-18)36-12-19(26)11-28-36/h4-5,8-12,17H,6-7,13-14H2,1-3H3,(H2,29,30,31,32,33). The lowest BCUT2D eigenvalue weighted by Crippen LogP contribution is -2.60. The predicted molar refractivity (Wildman–Crippen MR) is 134 cm³/mol. The van der Waals surface area contributed by atoms with Crippen LogP contribution < -0.4 is 10.2 Å². The van der Waals surface area contributed by atoms with Gasteiger partial charge in [-0.05, 0) is 38.8 Å². The Balaban J connectivity index is 1.12. The highest BCUT2D eigenvalue weighted by Gasteiger charge is 2.56. The second-order valence-electron chi connectivity index (χ2n) is 9.87. The first-order chi connectivity index (χ1) is 17.8. The molecular weight excluding hydrogens is 475 g/mol. The molecule has 2 aliphatic heterocycles. The number of aromatic amines is 1. The van der Waals surface area contributed by atoms with Crippen LogP contribution in [-0.2, 0) is 4.79 Å². The number of nitrogens with one attached hydrogen (secondary N) is 2. The summed E-state index contributed by atoms with van der Waals surface area (Å²) in [4.78, 5) is 31.2. The van der Waals surface area contributed by atoms with Crippen LogP contribution in [-0.4, -0.2) is 65.4 Å². The zero-order chi connectivity index (χ0) is 25.7. The van der Waals surface area contributed by atoms with Gasteiger partial charge < -0.3 is 15.1 Å². The molecule has 2 saturated heterocycles. The van der Waals surface area contributed by atoms with E-state index in [4.69, 9.17) is 0 Å². The first kappa shape index (κ1) is 23.1. The van der Waals surface area contributed by atoms with Crippen LogP contribution in [0.2, 0.25) is 0 Å². The van der Waals surface area contributed by atoms with Gasteiger partial charge in [-0.1, -0.05) is 6.07 Å². The molecule has 0 radical (unpaired) electrons. The van der Waals surface area contributed by atoms with Crippen molar-refractivity contribution in [1.29, 1.82) is 0 Å². The van der Waals surface area contributed by atoms with Gasteiger partial charge in [-0.3, -0.25) is 9.89 Å². The van der Waals surface area contributed by atoms with Crippen LogP contribution >= 0.6 is 0 Å². The van der Waals surface area contributed by atoms with E-state index < -0.39 is 11.2 Å². The topological polar surface area (TPSA) is 121 Å². The molecule has 1 amide bonds. The van der Waals surface area contributed by atoms with Gasteiger partial charge in [-0.25, -0.2) is 19.0 Å².